The number of benzene rings is 1. The number of hydrogen-bond acceptors (Lipinski definition) is 3. The highest BCUT2D eigenvalue weighted by Gasteiger charge is 2.22. The molecule has 4 N–H and O–H groups in total. The van der Waals surface area contributed by atoms with Gasteiger partial charge < -0.3 is 10.8 Å². The zero-order valence-corrected chi connectivity index (χ0v) is 10.9. The summed E-state index contributed by atoms with van der Waals surface area (Å²) in [5, 5.41) is 16.9. The largest absolute Gasteiger partial charge is 0.395 e. The van der Waals surface area contributed by atoms with Gasteiger partial charge in [-0.2, -0.15) is 0 Å². The maximum atomic E-state index is 13.2. The summed E-state index contributed by atoms with van der Waals surface area (Å²) in [6, 6.07) is 4.52. The van der Waals surface area contributed by atoms with Crippen LogP contribution in [0.5, 0.6) is 0 Å². The van der Waals surface area contributed by atoms with Crippen LogP contribution < -0.4 is 5.73 Å². The van der Waals surface area contributed by atoms with E-state index in [2.05, 4.69) is 4.90 Å². The first-order valence-corrected chi connectivity index (χ1v) is 6.59. The standard InChI is InChI=1S/C14H20FN3O/c15-11-5-4-10(13(7-11)14(16)17)8-18-6-2-1-3-12(18)9-19/h4-5,7,12,19H,1-3,6,8-9H2,(H3,16,17). The van der Waals surface area contributed by atoms with Gasteiger partial charge in [0.05, 0.1) is 6.61 Å². The Bertz CT molecular complexity index is 464. The number of amidine groups is 1. The molecule has 1 saturated heterocycles. The van der Waals surface area contributed by atoms with E-state index < -0.39 is 0 Å². The molecule has 1 unspecified atom stereocenters. The average molecular weight is 265 g/mol. The number of nitrogens with two attached hydrogens (primary N) is 1. The molecule has 1 aromatic carbocycles. The highest BCUT2D eigenvalue weighted by atomic mass is 19.1. The third-order valence-electron chi connectivity index (χ3n) is 3.70. The number of nitrogen functional groups attached to an aromatic ring is 1. The molecule has 0 saturated carbocycles. The van der Waals surface area contributed by atoms with Crippen LogP contribution in [0, 0.1) is 11.2 Å². The Balaban J connectivity index is 2.20. The van der Waals surface area contributed by atoms with Crippen molar-refractivity contribution in [2.45, 2.75) is 31.8 Å². The molecule has 0 radical (unpaired) electrons. The smallest absolute Gasteiger partial charge is 0.123 e. The fourth-order valence-corrected chi connectivity index (χ4v) is 2.63. The molecule has 1 aromatic rings. The van der Waals surface area contributed by atoms with E-state index in [1.807, 2.05) is 0 Å². The van der Waals surface area contributed by atoms with Crippen molar-refractivity contribution >= 4 is 5.84 Å². The van der Waals surface area contributed by atoms with Crippen molar-refractivity contribution < 1.29 is 9.50 Å². The molecule has 1 fully saturated rings. The number of hydrogen-bond donors (Lipinski definition) is 3. The van der Waals surface area contributed by atoms with Crippen LogP contribution in [-0.2, 0) is 6.54 Å². The van der Waals surface area contributed by atoms with Gasteiger partial charge in [0.25, 0.3) is 0 Å². The number of nitrogens with one attached hydrogen (secondary N) is 1. The molecular weight excluding hydrogens is 245 g/mol. The van der Waals surface area contributed by atoms with Gasteiger partial charge in [-0.1, -0.05) is 12.5 Å². The van der Waals surface area contributed by atoms with Gasteiger partial charge in [-0.05, 0) is 37.1 Å². The summed E-state index contributed by atoms with van der Waals surface area (Å²) in [6.07, 6.45) is 3.21. The van der Waals surface area contributed by atoms with Gasteiger partial charge in [0.15, 0.2) is 0 Å². The van der Waals surface area contributed by atoms with E-state index in [-0.39, 0.29) is 24.3 Å². The van der Waals surface area contributed by atoms with Gasteiger partial charge in [-0.25, -0.2) is 4.39 Å². The minimum atomic E-state index is -0.383. The first kappa shape index (κ1) is 14.0. The molecule has 0 amide bonds. The molecular formula is C14H20FN3O. The second-order valence-electron chi connectivity index (χ2n) is 5.02. The van der Waals surface area contributed by atoms with Crippen molar-refractivity contribution in [3.05, 3.63) is 35.1 Å². The van der Waals surface area contributed by atoms with Crippen molar-refractivity contribution in [3.63, 3.8) is 0 Å². The van der Waals surface area contributed by atoms with E-state index in [0.29, 0.717) is 12.1 Å². The molecule has 1 atom stereocenters. The molecule has 104 valence electrons. The van der Waals surface area contributed by atoms with Crippen LogP contribution in [0.2, 0.25) is 0 Å². The van der Waals surface area contributed by atoms with Gasteiger partial charge in [0.1, 0.15) is 11.7 Å². The summed E-state index contributed by atoms with van der Waals surface area (Å²) in [7, 11) is 0. The second kappa shape index (κ2) is 6.12. The lowest BCUT2D eigenvalue weighted by Gasteiger charge is -2.34. The van der Waals surface area contributed by atoms with Crippen molar-refractivity contribution in [1.82, 2.24) is 4.90 Å². The molecule has 0 aliphatic carbocycles. The summed E-state index contributed by atoms with van der Waals surface area (Å²) in [6.45, 7) is 1.65. The molecule has 1 aliphatic heterocycles. The van der Waals surface area contributed by atoms with Crippen molar-refractivity contribution in [2.24, 2.45) is 5.73 Å². The quantitative estimate of drug-likeness (QED) is 0.570. The topological polar surface area (TPSA) is 73.3 Å². The van der Waals surface area contributed by atoms with Crippen molar-refractivity contribution in [3.8, 4) is 0 Å². The molecule has 0 aromatic heterocycles. The maximum absolute atomic E-state index is 13.2. The lowest BCUT2D eigenvalue weighted by atomic mass is 10.00. The van der Waals surface area contributed by atoms with Crippen molar-refractivity contribution in [1.29, 1.82) is 5.41 Å². The number of likely N-dealkylation sites (tertiary alicyclic amines) is 1. The lowest BCUT2D eigenvalue weighted by Crippen LogP contribution is -2.41. The normalized spacial score (nSPS) is 20.4. The van der Waals surface area contributed by atoms with Crippen LogP contribution in [-0.4, -0.2) is 35.0 Å². The summed E-state index contributed by atoms with van der Waals surface area (Å²) in [5.41, 5.74) is 6.79. The van der Waals surface area contributed by atoms with E-state index in [9.17, 15) is 9.50 Å². The lowest BCUT2D eigenvalue weighted by molar-refractivity contribution is 0.0840. The number of aliphatic hydroxyl groups is 1. The van der Waals surface area contributed by atoms with Gasteiger partial charge in [0.2, 0.25) is 0 Å². The Hall–Kier alpha value is -1.46. The first-order valence-electron chi connectivity index (χ1n) is 6.59. The molecule has 4 nitrogen and oxygen atoms in total. The molecule has 1 heterocycles. The van der Waals surface area contributed by atoms with Crippen LogP contribution in [0.3, 0.4) is 0 Å². The molecule has 19 heavy (non-hydrogen) atoms. The third-order valence-corrected chi connectivity index (χ3v) is 3.70. The fourth-order valence-electron chi connectivity index (χ4n) is 2.63. The fraction of sp³-hybridized carbons (Fsp3) is 0.500. The second-order valence-corrected chi connectivity index (χ2v) is 5.02. The summed E-state index contributed by atoms with van der Waals surface area (Å²) in [5.74, 6) is -0.502. The van der Waals surface area contributed by atoms with Crippen molar-refractivity contribution in [2.75, 3.05) is 13.2 Å². The Morgan fingerprint density at radius 2 is 2.26 bits per heavy atom. The Morgan fingerprint density at radius 1 is 1.47 bits per heavy atom. The monoisotopic (exact) mass is 265 g/mol. The Labute approximate surface area is 112 Å². The highest BCUT2D eigenvalue weighted by molar-refractivity contribution is 5.96. The van der Waals surface area contributed by atoms with Gasteiger partial charge in [-0.15, -0.1) is 0 Å². The van der Waals surface area contributed by atoms with Crippen LogP contribution in [0.15, 0.2) is 18.2 Å². The van der Waals surface area contributed by atoms with Gasteiger partial charge in [0, 0.05) is 18.2 Å². The zero-order chi connectivity index (χ0) is 13.8. The number of halogens is 1. The first-order chi connectivity index (χ1) is 9.11. The molecule has 2 rings (SSSR count). The summed E-state index contributed by atoms with van der Waals surface area (Å²) >= 11 is 0. The van der Waals surface area contributed by atoms with E-state index >= 15 is 0 Å². The molecule has 5 heteroatoms. The molecule has 0 bridgehead atoms. The predicted octanol–water partition coefficient (Wildman–Crippen LogP) is 1.46. The Morgan fingerprint density at radius 3 is 2.95 bits per heavy atom. The molecule has 0 spiro atoms. The number of rotatable bonds is 4. The number of nitrogens with zero attached hydrogens (tertiary/aromatic N) is 1. The minimum Gasteiger partial charge on any atom is -0.395 e. The van der Waals surface area contributed by atoms with Gasteiger partial charge in [-0.3, -0.25) is 10.3 Å². The van der Waals surface area contributed by atoms with Crippen LogP contribution in [0.1, 0.15) is 30.4 Å². The maximum Gasteiger partial charge on any atom is 0.123 e. The summed E-state index contributed by atoms with van der Waals surface area (Å²) in [4.78, 5) is 2.18. The zero-order valence-electron chi connectivity index (χ0n) is 10.9. The van der Waals surface area contributed by atoms with E-state index in [0.717, 1.165) is 31.4 Å². The van der Waals surface area contributed by atoms with Gasteiger partial charge >= 0.3 is 0 Å². The van der Waals surface area contributed by atoms with Crippen LogP contribution in [0.4, 0.5) is 4.39 Å². The number of piperidine rings is 1. The van der Waals surface area contributed by atoms with E-state index in [1.54, 1.807) is 6.07 Å². The predicted molar refractivity (Wildman–Crippen MR) is 72.6 cm³/mol. The average Bonchev–Trinajstić information content (AvgIpc) is 2.41. The number of aliphatic hydroxyl groups excluding tert-OH is 1. The minimum absolute atomic E-state index is 0.118. The Kier molecular flexibility index (Phi) is 4.50. The molecule has 1 aliphatic rings. The van der Waals surface area contributed by atoms with E-state index in [4.69, 9.17) is 11.1 Å². The highest BCUT2D eigenvalue weighted by Crippen LogP contribution is 2.21. The SMILES string of the molecule is N=C(N)c1cc(F)ccc1CN1CCCCC1CO. The third kappa shape index (κ3) is 3.30. The van der Waals surface area contributed by atoms with Crippen LogP contribution in [0.25, 0.3) is 0 Å². The van der Waals surface area contributed by atoms with Crippen LogP contribution >= 0.6 is 0 Å². The van der Waals surface area contributed by atoms with E-state index in [1.165, 1.54) is 12.1 Å². The summed E-state index contributed by atoms with van der Waals surface area (Å²) < 4.78 is 13.2.